The maximum atomic E-state index is 11.0. The molecule has 1 heterocycles. The molecule has 2 atom stereocenters. The SMILES string of the molecule is CC1CN(c2ccc(C(=O)O)c(Cl)c2)CC(C)N1C. The second-order valence-electron chi connectivity index (χ2n) is 5.24. The summed E-state index contributed by atoms with van der Waals surface area (Å²) in [6.07, 6.45) is 0. The number of benzene rings is 1. The van der Waals surface area contributed by atoms with Crippen molar-refractivity contribution in [3.63, 3.8) is 0 Å². The number of halogens is 1. The van der Waals surface area contributed by atoms with E-state index in [1.807, 2.05) is 6.07 Å². The standard InChI is InChI=1S/C14H19ClN2O2/c1-9-7-17(8-10(2)16(9)3)11-4-5-12(14(18)19)13(15)6-11/h4-6,9-10H,7-8H2,1-3H3,(H,18,19). The molecule has 1 saturated heterocycles. The van der Waals surface area contributed by atoms with Gasteiger partial charge in [-0.1, -0.05) is 11.6 Å². The summed E-state index contributed by atoms with van der Waals surface area (Å²) in [5.74, 6) is -0.989. The summed E-state index contributed by atoms with van der Waals surface area (Å²) < 4.78 is 0. The lowest BCUT2D eigenvalue weighted by Crippen LogP contribution is -2.55. The van der Waals surface area contributed by atoms with Gasteiger partial charge in [-0.3, -0.25) is 4.90 Å². The second-order valence-corrected chi connectivity index (χ2v) is 5.64. The van der Waals surface area contributed by atoms with Crippen LogP contribution in [0.25, 0.3) is 0 Å². The lowest BCUT2D eigenvalue weighted by molar-refractivity contribution is 0.0697. The molecule has 4 nitrogen and oxygen atoms in total. The highest BCUT2D eigenvalue weighted by atomic mass is 35.5. The number of rotatable bonds is 2. The van der Waals surface area contributed by atoms with Crippen LogP contribution in [0.5, 0.6) is 0 Å². The number of carbonyl (C=O) groups is 1. The van der Waals surface area contributed by atoms with E-state index in [0.717, 1.165) is 18.8 Å². The lowest BCUT2D eigenvalue weighted by atomic mass is 10.1. The number of hydrogen-bond donors (Lipinski definition) is 1. The van der Waals surface area contributed by atoms with Gasteiger partial charge in [-0.15, -0.1) is 0 Å². The van der Waals surface area contributed by atoms with Crippen molar-refractivity contribution in [1.82, 2.24) is 4.90 Å². The van der Waals surface area contributed by atoms with E-state index in [1.54, 1.807) is 12.1 Å². The van der Waals surface area contributed by atoms with Gasteiger partial charge in [0.05, 0.1) is 10.6 Å². The minimum atomic E-state index is -0.989. The van der Waals surface area contributed by atoms with Crippen LogP contribution in [0.15, 0.2) is 18.2 Å². The van der Waals surface area contributed by atoms with Crippen LogP contribution in [-0.2, 0) is 0 Å². The normalized spacial score (nSPS) is 24.5. The lowest BCUT2D eigenvalue weighted by Gasteiger charge is -2.43. The first-order chi connectivity index (χ1) is 8.90. The minimum absolute atomic E-state index is 0.153. The molecule has 0 aromatic heterocycles. The van der Waals surface area contributed by atoms with E-state index in [0.29, 0.717) is 17.1 Å². The third-order valence-corrected chi connectivity index (χ3v) is 4.22. The zero-order chi connectivity index (χ0) is 14.2. The number of hydrogen-bond acceptors (Lipinski definition) is 3. The fourth-order valence-electron chi connectivity index (χ4n) is 2.49. The van der Waals surface area contributed by atoms with Crippen molar-refractivity contribution in [3.05, 3.63) is 28.8 Å². The predicted octanol–water partition coefficient (Wildman–Crippen LogP) is 2.57. The third kappa shape index (κ3) is 2.85. The molecule has 0 amide bonds. The van der Waals surface area contributed by atoms with Crippen molar-refractivity contribution >= 4 is 23.3 Å². The summed E-state index contributed by atoms with van der Waals surface area (Å²) >= 11 is 6.03. The first-order valence-electron chi connectivity index (χ1n) is 6.40. The van der Waals surface area contributed by atoms with Crippen LogP contribution >= 0.6 is 11.6 Å². The molecule has 1 N–H and O–H groups in total. The number of piperazine rings is 1. The Kier molecular flexibility index (Phi) is 4.02. The maximum absolute atomic E-state index is 11.0. The number of carboxylic acid groups (broad SMARTS) is 1. The smallest absolute Gasteiger partial charge is 0.337 e. The van der Waals surface area contributed by atoms with Gasteiger partial charge in [0, 0.05) is 30.9 Å². The number of anilines is 1. The molecule has 5 heteroatoms. The van der Waals surface area contributed by atoms with Gasteiger partial charge < -0.3 is 10.0 Å². The zero-order valence-corrected chi connectivity index (χ0v) is 12.2. The topological polar surface area (TPSA) is 43.8 Å². The van der Waals surface area contributed by atoms with E-state index in [-0.39, 0.29) is 5.56 Å². The fraction of sp³-hybridized carbons (Fsp3) is 0.500. The zero-order valence-electron chi connectivity index (χ0n) is 11.4. The van der Waals surface area contributed by atoms with Crippen molar-refractivity contribution in [2.45, 2.75) is 25.9 Å². The van der Waals surface area contributed by atoms with Crippen molar-refractivity contribution in [2.24, 2.45) is 0 Å². The Morgan fingerprint density at radius 1 is 1.32 bits per heavy atom. The summed E-state index contributed by atoms with van der Waals surface area (Å²) in [6, 6.07) is 6.08. The van der Waals surface area contributed by atoms with E-state index in [9.17, 15) is 4.79 Å². The van der Waals surface area contributed by atoms with Crippen LogP contribution in [0.1, 0.15) is 24.2 Å². The molecule has 1 aliphatic rings. The molecule has 0 bridgehead atoms. The quantitative estimate of drug-likeness (QED) is 0.905. The fourth-order valence-corrected chi connectivity index (χ4v) is 2.75. The van der Waals surface area contributed by atoms with Crippen LogP contribution in [0.3, 0.4) is 0 Å². The molecular weight excluding hydrogens is 264 g/mol. The van der Waals surface area contributed by atoms with Gasteiger partial charge in [0.1, 0.15) is 0 Å². The average molecular weight is 283 g/mol. The molecule has 1 aromatic carbocycles. The molecule has 0 radical (unpaired) electrons. The number of nitrogens with zero attached hydrogens (tertiary/aromatic N) is 2. The van der Waals surface area contributed by atoms with Crippen molar-refractivity contribution in [3.8, 4) is 0 Å². The molecule has 0 spiro atoms. The van der Waals surface area contributed by atoms with Crippen LogP contribution < -0.4 is 4.90 Å². The highest BCUT2D eigenvalue weighted by Gasteiger charge is 2.26. The Labute approximate surface area is 118 Å². The van der Waals surface area contributed by atoms with Gasteiger partial charge in [-0.05, 0) is 39.1 Å². The predicted molar refractivity (Wildman–Crippen MR) is 77.3 cm³/mol. The molecule has 0 saturated carbocycles. The van der Waals surface area contributed by atoms with E-state index in [1.165, 1.54) is 0 Å². The molecule has 1 aliphatic heterocycles. The molecule has 19 heavy (non-hydrogen) atoms. The van der Waals surface area contributed by atoms with Gasteiger partial charge in [0.2, 0.25) is 0 Å². The summed E-state index contributed by atoms with van der Waals surface area (Å²) in [5.41, 5.74) is 1.14. The van der Waals surface area contributed by atoms with E-state index >= 15 is 0 Å². The first-order valence-corrected chi connectivity index (χ1v) is 6.77. The third-order valence-electron chi connectivity index (χ3n) is 3.91. The summed E-state index contributed by atoms with van der Waals surface area (Å²) in [4.78, 5) is 15.6. The van der Waals surface area contributed by atoms with Crippen LogP contribution in [0.2, 0.25) is 5.02 Å². The largest absolute Gasteiger partial charge is 0.478 e. The summed E-state index contributed by atoms with van der Waals surface area (Å²) in [6.45, 7) is 6.22. The molecule has 1 aromatic rings. The van der Waals surface area contributed by atoms with Crippen LogP contribution in [0.4, 0.5) is 5.69 Å². The Hall–Kier alpha value is -1.26. The number of carboxylic acids is 1. The van der Waals surface area contributed by atoms with E-state index in [2.05, 4.69) is 30.7 Å². The Balaban J connectivity index is 2.23. The number of aromatic carboxylic acids is 1. The summed E-state index contributed by atoms with van der Waals surface area (Å²) in [7, 11) is 2.13. The minimum Gasteiger partial charge on any atom is -0.478 e. The molecular formula is C14H19ClN2O2. The first kappa shape index (κ1) is 14.2. The van der Waals surface area contributed by atoms with Crippen molar-refractivity contribution in [1.29, 1.82) is 0 Å². The van der Waals surface area contributed by atoms with Gasteiger partial charge in [0.15, 0.2) is 0 Å². The Bertz CT molecular complexity index is 480. The van der Waals surface area contributed by atoms with Crippen LogP contribution in [-0.4, -0.2) is 48.2 Å². The molecule has 1 fully saturated rings. The van der Waals surface area contributed by atoms with E-state index in [4.69, 9.17) is 16.7 Å². The van der Waals surface area contributed by atoms with Crippen LogP contribution in [0, 0.1) is 0 Å². The van der Waals surface area contributed by atoms with Crippen molar-refractivity contribution < 1.29 is 9.90 Å². The molecule has 2 rings (SSSR count). The summed E-state index contributed by atoms with van der Waals surface area (Å²) in [5, 5.41) is 9.28. The highest BCUT2D eigenvalue weighted by Crippen LogP contribution is 2.26. The van der Waals surface area contributed by atoms with Gasteiger partial charge >= 0.3 is 5.97 Å². The van der Waals surface area contributed by atoms with Crippen molar-refractivity contribution in [2.75, 3.05) is 25.0 Å². The van der Waals surface area contributed by atoms with Gasteiger partial charge in [-0.2, -0.15) is 0 Å². The Morgan fingerprint density at radius 2 is 1.89 bits per heavy atom. The number of likely N-dealkylation sites (N-methyl/N-ethyl adjacent to an activating group) is 1. The van der Waals surface area contributed by atoms with Gasteiger partial charge in [0.25, 0.3) is 0 Å². The molecule has 2 unspecified atom stereocenters. The van der Waals surface area contributed by atoms with E-state index < -0.39 is 5.97 Å². The average Bonchev–Trinajstić information content (AvgIpc) is 2.34. The second kappa shape index (κ2) is 5.39. The Morgan fingerprint density at radius 3 is 2.37 bits per heavy atom. The molecule has 0 aliphatic carbocycles. The highest BCUT2D eigenvalue weighted by molar-refractivity contribution is 6.33. The maximum Gasteiger partial charge on any atom is 0.337 e. The monoisotopic (exact) mass is 282 g/mol. The molecule has 104 valence electrons. The van der Waals surface area contributed by atoms with Gasteiger partial charge in [-0.25, -0.2) is 4.79 Å².